The van der Waals surface area contributed by atoms with Gasteiger partial charge in [-0.15, -0.1) is 0 Å². The first kappa shape index (κ1) is 17.0. The summed E-state index contributed by atoms with van der Waals surface area (Å²) in [4.78, 5) is 0. The molecule has 1 aliphatic rings. The zero-order valence-electron chi connectivity index (χ0n) is 13.3. The van der Waals surface area contributed by atoms with Crippen molar-refractivity contribution in [1.29, 1.82) is 0 Å². The SMILES string of the molecule is O=S(=O)(CCc1ccccc1)NC[C@@H](O)c1ccc2c(c1)CCO2. The number of nitrogens with one attached hydrogen (secondary N) is 1. The summed E-state index contributed by atoms with van der Waals surface area (Å²) in [7, 11) is -3.43. The topological polar surface area (TPSA) is 75.6 Å². The Balaban J connectivity index is 1.54. The summed E-state index contributed by atoms with van der Waals surface area (Å²) in [5.74, 6) is 0.844. The van der Waals surface area contributed by atoms with Gasteiger partial charge in [0.15, 0.2) is 0 Å². The Morgan fingerprint density at radius 3 is 2.75 bits per heavy atom. The van der Waals surface area contributed by atoms with E-state index in [2.05, 4.69) is 4.72 Å². The van der Waals surface area contributed by atoms with Gasteiger partial charge in [-0.25, -0.2) is 13.1 Å². The molecule has 0 bridgehead atoms. The average molecular weight is 347 g/mol. The molecule has 2 N–H and O–H groups in total. The maximum atomic E-state index is 12.1. The van der Waals surface area contributed by atoms with Gasteiger partial charge in [-0.05, 0) is 35.2 Å². The van der Waals surface area contributed by atoms with Crippen molar-refractivity contribution in [3.05, 3.63) is 65.2 Å². The monoisotopic (exact) mass is 347 g/mol. The zero-order chi connectivity index (χ0) is 17.0. The molecule has 0 spiro atoms. The van der Waals surface area contributed by atoms with Gasteiger partial charge in [0.25, 0.3) is 0 Å². The van der Waals surface area contributed by atoms with Gasteiger partial charge in [0, 0.05) is 13.0 Å². The second-order valence-electron chi connectivity index (χ2n) is 5.88. The van der Waals surface area contributed by atoms with Gasteiger partial charge in [0.2, 0.25) is 10.0 Å². The summed E-state index contributed by atoms with van der Waals surface area (Å²) in [5.41, 5.74) is 2.73. The molecule has 0 radical (unpaired) electrons. The molecule has 0 saturated heterocycles. The molecule has 3 rings (SSSR count). The lowest BCUT2D eigenvalue weighted by Gasteiger charge is -2.13. The second-order valence-corrected chi connectivity index (χ2v) is 7.81. The van der Waals surface area contributed by atoms with E-state index in [0.29, 0.717) is 18.6 Å². The molecular weight excluding hydrogens is 326 g/mol. The van der Waals surface area contributed by atoms with E-state index in [1.165, 1.54) is 0 Å². The maximum Gasteiger partial charge on any atom is 0.212 e. The largest absolute Gasteiger partial charge is 0.493 e. The highest BCUT2D eigenvalue weighted by atomic mass is 32.2. The van der Waals surface area contributed by atoms with Crippen LogP contribution in [0.15, 0.2) is 48.5 Å². The van der Waals surface area contributed by atoms with Gasteiger partial charge in [-0.1, -0.05) is 36.4 Å². The van der Waals surface area contributed by atoms with E-state index in [0.717, 1.165) is 23.3 Å². The van der Waals surface area contributed by atoms with Crippen molar-refractivity contribution >= 4 is 10.0 Å². The first-order chi connectivity index (χ1) is 11.5. The molecule has 1 aliphatic heterocycles. The molecule has 0 fully saturated rings. The lowest BCUT2D eigenvalue weighted by atomic mass is 10.0. The fourth-order valence-corrected chi connectivity index (χ4v) is 3.77. The molecule has 1 heterocycles. The van der Waals surface area contributed by atoms with Crippen LogP contribution in [0.2, 0.25) is 0 Å². The number of fused-ring (bicyclic) bond motifs is 1. The van der Waals surface area contributed by atoms with E-state index in [4.69, 9.17) is 4.74 Å². The molecule has 0 saturated carbocycles. The van der Waals surface area contributed by atoms with Crippen molar-refractivity contribution in [1.82, 2.24) is 4.72 Å². The Bertz CT molecular complexity index is 790. The lowest BCUT2D eigenvalue weighted by molar-refractivity contribution is 0.182. The molecule has 0 aliphatic carbocycles. The van der Waals surface area contributed by atoms with Gasteiger partial charge in [-0.2, -0.15) is 0 Å². The average Bonchev–Trinajstić information content (AvgIpc) is 3.07. The number of aliphatic hydroxyl groups is 1. The number of benzene rings is 2. The van der Waals surface area contributed by atoms with E-state index < -0.39 is 16.1 Å². The molecule has 2 aromatic carbocycles. The van der Waals surface area contributed by atoms with Crippen molar-refractivity contribution in [2.24, 2.45) is 0 Å². The Hall–Kier alpha value is -1.89. The van der Waals surface area contributed by atoms with Crippen LogP contribution in [0.25, 0.3) is 0 Å². The van der Waals surface area contributed by atoms with E-state index in [1.54, 1.807) is 6.07 Å². The molecule has 24 heavy (non-hydrogen) atoms. The standard InChI is InChI=1S/C18H21NO4S/c20-17(15-6-7-18-16(12-15)8-10-23-18)13-19-24(21,22)11-9-14-4-2-1-3-5-14/h1-7,12,17,19-20H,8-11,13H2/t17-/m1/s1. The molecular formula is C18H21NO4S. The van der Waals surface area contributed by atoms with Gasteiger partial charge >= 0.3 is 0 Å². The molecule has 128 valence electrons. The van der Waals surface area contributed by atoms with E-state index in [-0.39, 0.29) is 12.3 Å². The number of hydrogen-bond donors (Lipinski definition) is 2. The summed E-state index contributed by atoms with van der Waals surface area (Å²) in [5, 5.41) is 10.2. The molecule has 5 nitrogen and oxygen atoms in total. The predicted octanol–water partition coefficient (Wildman–Crippen LogP) is 1.82. The third-order valence-corrected chi connectivity index (χ3v) is 5.45. The minimum Gasteiger partial charge on any atom is -0.493 e. The summed E-state index contributed by atoms with van der Waals surface area (Å²) >= 11 is 0. The van der Waals surface area contributed by atoms with Gasteiger partial charge in [0.05, 0.1) is 18.5 Å². The summed E-state index contributed by atoms with van der Waals surface area (Å²) in [6.45, 7) is 0.623. The van der Waals surface area contributed by atoms with Crippen LogP contribution in [0.4, 0.5) is 0 Å². The summed E-state index contributed by atoms with van der Waals surface area (Å²) in [6.07, 6.45) is 0.392. The van der Waals surface area contributed by atoms with Crippen LogP contribution < -0.4 is 9.46 Å². The molecule has 0 unspecified atom stereocenters. The predicted molar refractivity (Wildman–Crippen MR) is 92.5 cm³/mol. The highest BCUT2D eigenvalue weighted by Crippen LogP contribution is 2.28. The van der Waals surface area contributed by atoms with Crippen LogP contribution in [-0.4, -0.2) is 32.4 Å². The zero-order valence-corrected chi connectivity index (χ0v) is 14.1. The first-order valence-corrected chi connectivity index (χ1v) is 9.64. The van der Waals surface area contributed by atoms with Crippen molar-refractivity contribution in [3.63, 3.8) is 0 Å². The Labute approximate surface area is 142 Å². The van der Waals surface area contributed by atoms with Crippen LogP contribution in [0.3, 0.4) is 0 Å². The van der Waals surface area contributed by atoms with Gasteiger partial charge in [0.1, 0.15) is 5.75 Å². The van der Waals surface area contributed by atoms with Crippen LogP contribution in [0.1, 0.15) is 22.8 Å². The smallest absolute Gasteiger partial charge is 0.212 e. The van der Waals surface area contributed by atoms with Crippen LogP contribution >= 0.6 is 0 Å². The van der Waals surface area contributed by atoms with Crippen LogP contribution in [-0.2, 0) is 22.9 Å². The fourth-order valence-electron chi connectivity index (χ4n) is 2.71. The Morgan fingerprint density at radius 1 is 1.17 bits per heavy atom. The lowest BCUT2D eigenvalue weighted by Crippen LogP contribution is -2.31. The Kier molecular flexibility index (Phi) is 5.18. The van der Waals surface area contributed by atoms with Crippen molar-refractivity contribution in [2.45, 2.75) is 18.9 Å². The number of aliphatic hydroxyl groups excluding tert-OH is 1. The number of aryl methyl sites for hydroxylation is 1. The van der Waals surface area contributed by atoms with Crippen LogP contribution in [0, 0.1) is 0 Å². The maximum absolute atomic E-state index is 12.1. The molecule has 0 aromatic heterocycles. The van der Waals surface area contributed by atoms with Gasteiger partial charge in [-0.3, -0.25) is 0 Å². The molecule has 0 amide bonds. The normalized spacial score (nSPS) is 14.9. The number of sulfonamides is 1. The highest BCUT2D eigenvalue weighted by molar-refractivity contribution is 7.89. The summed E-state index contributed by atoms with van der Waals surface area (Å²) < 4.78 is 32.1. The third-order valence-electron chi connectivity index (χ3n) is 4.10. The van der Waals surface area contributed by atoms with Gasteiger partial charge < -0.3 is 9.84 Å². The van der Waals surface area contributed by atoms with Crippen molar-refractivity contribution in [2.75, 3.05) is 18.9 Å². The van der Waals surface area contributed by atoms with Crippen LogP contribution in [0.5, 0.6) is 5.75 Å². The number of hydrogen-bond acceptors (Lipinski definition) is 4. The molecule has 6 heteroatoms. The van der Waals surface area contributed by atoms with E-state index >= 15 is 0 Å². The summed E-state index contributed by atoms with van der Waals surface area (Å²) in [6, 6.07) is 14.9. The fraction of sp³-hybridized carbons (Fsp3) is 0.333. The minimum absolute atomic E-state index is 0.00175. The van der Waals surface area contributed by atoms with E-state index in [9.17, 15) is 13.5 Å². The minimum atomic E-state index is -3.43. The number of rotatable bonds is 7. The third kappa shape index (κ3) is 4.35. The quantitative estimate of drug-likeness (QED) is 0.801. The van der Waals surface area contributed by atoms with Crippen molar-refractivity contribution < 1.29 is 18.3 Å². The second kappa shape index (κ2) is 7.34. The first-order valence-electron chi connectivity index (χ1n) is 7.98. The number of ether oxygens (including phenoxy) is 1. The van der Waals surface area contributed by atoms with Crippen molar-refractivity contribution in [3.8, 4) is 5.75 Å². The van der Waals surface area contributed by atoms with E-state index in [1.807, 2.05) is 42.5 Å². The molecule has 2 aromatic rings. The molecule has 1 atom stereocenters. The highest BCUT2D eigenvalue weighted by Gasteiger charge is 2.17. The Morgan fingerprint density at radius 2 is 1.96 bits per heavy atom.